The summed E-state index contributed by atoms with van der Waals surface area (Å²) >= 11 is 0. The fraction of sp³-hybridized carbons (Fsp3) is 0.333. The van der Waals surface area contributed by atoms with Gasteiger partial charge in [-0.2, -0.15) is 0 Å². The predicted molar refractivity (Wildman–Crippen MR) is 95.9 cm³/mol. The minimum Gasteiger partial charge on any atom is -0.430 e. The second-order valence-electron chi connectivity index (χ2n) is 6.64. The topological polar surface area (TPSA) is 46.6 Å². The smallest absolute Gasteiger partial charge is 0.418 e. The van der Waals surface area contributed by atoms with Crippen molar-refractivity contribution in [3.05, 3.63) is 71.8 Å². The molecule has 1 fully saturated rings. The van der Waals surface area contributed by atoms with E-state index in [2.05, 4.69) is 0 Å². The quantitative estimate of drug-likeness (QED) is 0.833. The summed E-state index contributed by atoms with van der Waals surface area (Å²) in [7, 11) is 0. The second kappa shape index (κ2) is 6.71. The van der Waals surface area contributed by atoms with E-state index >= 15 is 0 Å². The zero-order valence-electron chi connectivity index (χ0n) is 14.8. The molecule has 2 aromatic carbocycles. The Morgan fingerprint density at radius 1 is 1.04 bits per heavy atom. The number of carbonyl (C=O) groups is 2. The van der Waals surface area contributed by atoms with E-state index in [1.54, 1.807) is 6.92 Å². The summed E-state index contributed by atoms with van der Waals surface area (Å²) < 4.78 is 6.00. The fourth-order valence-electron chi connectivity index (χ4n) is 3.74. The van der Waals surface area contributed by atoms with Gasteiger partial charge >= 0.3 is 6.09 Å². The van der Waals surface area contributed by atoms with Crippen molar-refractivity contribution >= 4 is 12.0 Å². The Balaban J connectivity index is 2.27. The lowest BCUT2D eigenvalue weighted by molar-refractivity contribution is -0.130. The van der Waals surface area contributed by atoms with Crippen LogP contribution in [0.15, 0.2) is 60.7 Å². The van der Waals surface area contributed by atoms with E-state index in [1.807, 2.05) is 74.5 Å². The van der Waals surface area contributed by atoms with Gasteiger partial charge < -0.3 is 4.74 Å². The molecule has 0 aliphatic carbocycles. The largest absolute Gasteiger partial charge is 0.430 e. The van der Waals surface area contributed by atoms with Crippen LogP contribution in [-0.4, -0.2) is 22.9 Å². The van der Waals surface area contributed by atoms with Gasteiger partial charge in [-0.15, -0.1) is 0 Å². The summed E-state index contributed by atoms with van der Waals surface area (Å²) in [6.45, 7) is 5.80. The van der Waals surface area contributed by atoms with Crippen molar-refractivity contribution in [2.24, 2.45) is 5.92 Å². The van der Waals surface area contributed by atoms with Gasteiger partial charge in [0.1, 0.15) is 0 Å². The summed E-state index contributed by atoms with van der Waals surface area (Å²) in [4.78, 5) is 26.6. The second-order valence-corrected chi connectivity index (χ2v) is 6.64. The monoisotopic (exact) mass is 337 g/mol. The molecule has 0 saturated carbocycles. The van der Waals surface area contributed by atoms with Gasteiger partial charge in [0.25, 0.3) is 0 Å². The lowest BCUT2D eigenvalue weighted by atomic mass is 9.75. The molecule has 1 saturated heterocycles. The summed E-state index contributed by atoms with van der Waals surface area (Å²) in [6, 6.07) is 19.0. The van der Waals surface area contributed by atoms with E-state index in [4.69, 9.17) is 4.74 Å². The van der Waals surface area contributed by atoms with Gasteiger partial charge in [0.05, 0.1) is 6.04 Å². The van der Waals surface area contributed by atoms with Crippen molar-refractivity contribution in [2.45, 2.75) is 38.8 Å². The van der Waals surface area contributed by atoms with Gasteiger partial charge in [-0.05, 0) is 5.92 Å². The van der Waals surface area contributed by atoms with Crippen molar-refractivity contribution in [1.82, 2.24) is 4.90 Å². The molecule has 1 aliphatic rings. The molecule has 2 aromatic rings. The molecule has 2 amide bonds. The van der Waals surface area contributed by atoms with Crippen molar-refractivity contribution in [1.29, 1.82) is 0 Å². The van der Waals surface area contributed by atoms with Crippen molar-refractivity contribution in [3.8, 4) is 0 Å². The van der Waals surface area contributed by atoms with Crippen LogP contribution in [0.2, 0.25) is 0 Å². The number of amides is 2. The molecule has 1 unspecified atom stereocenters. The number of ether oxygens (including phenoxy) is 1. The van der Waals surface area contributed by atoms with Gasteiger partial charge in [0.2, 0.25) is 5.91 Å². The zero-order chi connectivity index (χ0) is 18.0. The molecule has 4 heteroatoms. The number of rotatable bonds is 4. The van der Waals surface area contributed by atoms with Crippen LogP contribution in [0.3, 0.4) is 0 Å². The van der Waals surface area contributed by atoms with E-state index in [1.165, 1.54) is 4.90 Å². The summed E-state index contributed by atoms with van der Waals surface area (Å²) in [6.07, 6.45) is -0.309. The van der Waals surface area contributed by atoms with Gasteiger partial charge in [0, 0.05) is 17.5 Å². The van der Waals surface area contributed by atoms with Gasteiger partial charge in [-0.25, -0.2) is 9.69 Å². The molecular formula is C21H23NO3. The van der Waals surface area contributed by atoms with Crippen LogP contribution < -0.4 is 0 Å². The van der Waals surface area contributed by atoms with Crippen LogP contribution in [0.25, 0.3) is 0 Å². The van der Waals surface area contributed by atoms with Crippen LogP contribution in [0.1, 0.15) is 38.3 Å². The molecular weight excluding hydrogens is 314 g/mol. The molecule has 4 nitrogen and oxygen atoms in total. The fourth-order valence-corrected chi connectivity index (χ4v) is 3.74. The first-order valence-corrected chi connectivity index (χ1v) is 8.68. The molecule has 25 heavy (non-hydrogen) atoms. The Morgan fingerprint density at radius 3 is 1.92 bits per heavy atom. The SMILES string of the molecule is CCC(=O)N1C(=O)OC(c2ccccc2)(c2ccccc2)C1C(C)C. The van der Waals surface area contributed by atoms with E-state index in [0.717, 1.165) is 11.1 Å². The standard InChI is InChI=1S/C21H23NO3/c1-4-18(23)22-19(15(2)3)21(25-20(22)24,16-11-7-5-8-12-16)17-13-9-6-10-14-17/h5-15,19H,4H2,1-3H3. The highest BCUT2D eigenvalue weighted by molar-refractivity contribution is 5.94. The number of benzene rings is 2. The Kier molecular flexibility index (Phi) is 4.62. The summed E-state index contributed by atoms with van der Waals surface area (Å²) in [5, 5.41) is 0. The first-order chi connectivity index (χ1) is 12.0. The van der Waals surface area contributed by atoms with Crippen LogP contribution in [-0.2, 0) is 15.1 Å². The molecule has 0 spiro atoms. The maximum atomic E-state index is 12.7. The average molecular weight is 337 g/mol. The molecule has 0 bridgehead atoms. The first-order valence-electron chi connectivity index (χ1n) is 8.68. The highest BCUT2D eigenvalue weighted by Crippen LogP contribution is 2.47. The Bertz CT molecular complexity index is 716. The molecule has 0 N–H and O–H groups in total. The zero-order valence-corrected chi connectivity index (χ0v) is 14.8. The maximum Gasteiger partial charge on any atom is 0.418 e. The molecule has 1 aliphatic heterocycles. The molecule has 1 atom stereocenters. The Hall–Kier alpha value is -2.62. The van der Waals surface area contributed by atoms with Gasteiger partial charge in [-0.1, -0.05) is 81.4 Å². The predicted octanol–water partition coefficient (Wildman–Crippen LogP) is 4.34. The van der Waals surface area contributed by atoms with E-state index in [0.29, 0.717) is 0 Å². The number of nitrogens with zero attached hydrogens (tertiary/aromatic N) is 1. The average Bonchev–Trinajstić information content (AvgIpc) is 2.97. The lowest BCUT2D eigenvalue weighted by Crippen LogP contribution is -2.49. The number of cyclic esters (lactones) is 1. The van der Waals surface area contributed by atoms with Crippen LogP contribution in [0.5, 0.6) is 0 Å². The van der Waals surface area contributed by atoms with Crippen LogP contribution in [0.4, 0.5) is 4.79 Å². The van der Waals surface area contributed by atoms with Crippen LogP contribution >= 0.6 is 0 Å². The number of hydrogen-bond donors (Lipinski definition) is 0. The molecule has 0 radical (unpaired) electrons. The number of hydrogen-bond acceptors (Lipinski definition) is 3. The van der Waals surface area contributed by atoms with Crippen LogP contribution in [0, 0.1) is 5.92 Å². The molecule has 1 heterocycles. The Labute approximate surface area is 148 Å². The third kappa shape index (κ3) is 2.72. The maximum absolute atomic E-state index is 12.7. The van der Waals surface area contributed by atoms with Crippen molar-refractivity contribution < 1.29 is 14.3 Å². The molecule has 130 valence electrons. The number of imide groups is 1. The minimum absolute atomic E-state index is 0.0300. The third-order valence-corrected chi connectivity index (χ3v) is 4.75. The van der Waals surface area contributed by atoms with Gasteiger partial charge in [-0.3, -0.25) is 4.79 Å². The van der Waals surface area contributed by atoms with Crippen molar-refractivity contribution in [2.75, 3.05) is 0 Å². The third-order valence-electron chi connectivity index (χ3n) is 4.75. The van der Waals surface area contributed by atoms with E-state index in [9.17, 15) is 9.59 Å². The first kappa shape index (κ1) is 17.2. The highest BCUT2D eigenvalue weighted by Gasteiger charge is 2.58. The normalized spacial score (nSPS) is 19.1. The highest BCUT2D eigenvalue weighted by atomic mass is 16.6. The van der Waals surface area contributed by atoms with E-state index in [-0.39, 0.29) is 18.2 Å². The summed E-state index contributed by atoms with van der Waals surface area (Å²) in [5.41, 5.74) is 0.748. The summed E-state index contributed by atoms with van der Waals surface area (Å²) in [5.74, 6) is -0.181. The minimum atomic E-state index is -1.00. The lowest BCUT2D eigenvalue weighted by Gasteiger charge is -2.37. The van der Waals surface area contributed by atoms with Crippen molar-refractivity contribution in [3.63, 3.8) is 0 Å². The molecule has 0 aromatic heterocycles. The van der Waals surface area contributed by atoms with E-state index < -0.39 is 17.7 Å². The van der Waals surface area contributed by atoms with Gasteiger partial charge in [0.15, 0.2) is 5.60 Å². The number of carbonyl (C=O) groups excluding carboxylic acids is 2. The Morgan fingerprint density at radius 2 is 1.52 bits per heavy atom. The molecule has 3 rings (SSSR count).